The summed E-state index contributed by atoms with van der Waals surface area (Å²) >= 11 is 5.13. The maximum absolute atomic E-state index is 12.3. The summed E-state index contributed by atoms with van der Waals surface area (Å²) in [4.78, 5) is 22.5. The molecule has 0 saturated heterocycles. The number of Topliss-reactive ketones (excluding diaryl/α,β-unsaturated/α-hetero) is 1. The summed E-state index contributed by atoms with van der Waals surface area (Å²) in [6, 6.07) is 15.8. The third-order valence-corrected chi connectivity index (χ3v) is 3.40. The van der Waals surface area contributed by atoms with Crippen molar-refractivity contribution >= 4 is 34.4 Å². The molecule has 0 aliphatic rings. The van der Waals surface area contributed by atoms with E-state index in [9.17, 15) is 20.2 Å². The molecule has 0 spiro atoms. The average molecular weight is 325 g/mol. The van der Waals surface area contributed by atoms with Crippen LogP contribution in [0.5, 0.6) is 0 Å². The maximum Gasteiger partial charge on any atom is 0.269 e. The highest BCUT2D eigenvalue weighted by molar-refractivity contribution is 7.80. The molecule has 0 saturated carbocycles. The number of ketones is 1. The van der Waals surface area contributed by atoms with E-state index >= 15 is 0 Å². The van der Waals surface area contributed by atoms with Gasteiger partial charge in [-0.15, -0.1) is 0 Å². The molecule has 114 valence electrons. The molecule has 7 heteroatoms. The van der Waals surface area contributed by atoms with Gasteiger partial charge in [0.25, 0.3) is 5.69 Å². The molecule has 0 bridgehead atoms. The Hall–Kier alpha value is -3.11. The van der Waals surface area contributed by atoms with Crippen LogP contribution in [-0.4, -0.2) is 15.7 Å². The monoisotopic (exact) mass is 325 g/mol. The van der Waals surface area contributed by atoms with Crippen molar-refractivity contribution in [3.63, 3.8) is 0 Å². The van der Waals surface area contributed by atoms with Crippen molar-refractivity contribution in [1.82, 2.24) is 0 Å². The first-order chi connectivity index (χ1) is 11.0. The Labute approximate surface area is 137 Å². The smallest absolute Gasteiger partial charge is 0.269 e. The fourth-order valence-electron chi connectivity index (χ4n) is 1.89. The van der Waals surface area contributed by atoms with Crippen molar-refractivity contribution < 1.29 is 9.72 Å². The summed E-state index contributed by atoms with van der Waals surface area (Å²) in [7, 11) is 0. The number of nitro groups is 1. The highest BCUT2D eigenvalue weighted by Gasteiger charge is 2.24. The normalized spacial score (nSPS) is 11.1. The second kappa shape index (κ2) is 7.24. The van der Waals surface area contributed by atoms with E-state index in [2.05, 4.69) is 5.32 Å². The first-order valence-corrected chi connectivity index (χ1v) is 6.98. The second-order valence-corrected chi connectivity index (χ2v) is 5.03. The number of nitro benzene ring substituents is 1. The van der Waals surface area contributed by atoms with E-state index < -0.39 is 16.6 Å². The fourth-order valence-corrected chi connectivity index (χ4v) is 2.16. The van der Waals surface area contributed by atoms with Crippen molar-refractivity contribution in [2.24, 2.45) is 5.92 Å². The first-order valence-electron chi connectivity index (χ1n) is 6.57. The highest BCUT2D eigenvalue weighted by atomic mass is 32.1. The molecule has 0 fully saturated rings. The number of anilines is 1. The molecular formula is C16H11N3O3S. The van der Waals surface area contributed by atoms with Crippen molar-refractivity contribution in [2.45, 2.75) is 0 Å². The number of rotatable bonds is 5. The SMILES string of the molecule is N#CC(C(=O)c1ccccc1)C(=S)Nc1ccc([N+](=O)[O-])cc1. The van der Waals surface area contributed by atoms with Crippen molar-refractivity contribution in [3.8, 4) is 6.07 Å². The van der Waals surface area contributed by atoms with Gasteiger partial charge in [0.2, 0.25) is 0 Å². The molecule has 0 aliphatic heterocycles. The van der Waals surface area contributed by atoms with Crippen LogP contribution in [0.3, 0.4) is 0 Å². The quantitative estimate of drug-likeness (QED) is 0.392. The van der Waals surface area contributed by atoms with Crippen LogP contribution in [0, 0.1) is 27.4 Å². The lowest BCUT2D eigenvalue weighted by atomic mass is 9.98. The fraction of sp³-hybridized carbons (Fsp3) is 0.0625. The number of nitriles is 1. The number of thiocarbonyl (C=S) groups is 1. The van der Waals surface area contributed by atoms with Gasteiger partial charge in [-0.3, -0.25) is 14.9 Å². The zero-order chi connectivity index (χ0) is 16.8. The molecule has 1 N–H and O–H groups in total. The predicted octanol–water partition coefficient (Wildman–Crippen LogP) is 3.36. The van der Waals surface area contributed by atoms with Crippen molar-refractivity contribution in [3.05, 3.63) is 70.3 Å². The Balaban J connectivity index is 2.13. The summed E-state index contributed by atoms with van der Waals surface area (Å²) in [6.07, 6.45) is 0. The number of benzene rings is 2. The molecule has 0 aromatic heterocycles. The molecule has 0 radical (unpaired) electrons. The van der Waals surface area contributed by atoms with Gasteiger partial charge >= 0.3 is 0 Å². The molecule has 0 heterocycles. The molecule has 6 nitrogen and oxygen atoms in total. The van der Waals surface area contributed by atoms with Gasteiger partial charge in [-0.25, -0.2) is 0 Å². The second-order valence-electron chi connectivity index (χ2n) is 4.59. The summed E-state index contributed by atoms with van der Waals surface area (Å²) < 4.78 is 0. The Kier molecular flexibility index (Phi) is 5.12. The summed E-state index contributed by atoms with van der Waals surface area (Å²) in [5.41, 5.74) is 0.812. The van der Waals surface area contributed by atoms with Crippen LogP contribution >= 0.6 is 12.2 Å². The van der Waals surface area contributed by atoms with Gasteiger partial charge in [0, 0.05) is 23.4 Å². The molecule has 2 rings (SSSR count). The van der Waals surface area contributed by atoms with E-state index in [1.807, 2.05) is 6.07 Å². The van der Waals surface area contributed by atoms with Crippen molar-refractivity contribution in [2.75, 3.05) is 5.32 Å². The predicted molar refractivity (Wildman–Crippen MR) is 89.2 cm³/mol. The van der Waals surface area contributed by atoms with Crippen LogP contribution < -0.4 is 5.32 Å². The van der Waals surface area contributed by atoms with Crippen molar-refractivity contribution in [1.29, 1.82) is 5.26 Å². The number of nitrogens with zero attached hydrogens (tertiary/aromatic N) is 2. The third-order valence-electron chi connectivity index (χ3n) is 3.06. The molecule has 2 aromatic rings. The molecule has 2 aromatic carbocycles. The van der Waals surface area contributed by atoms with Crippen LogP contribution in [0.15, 0.2) is 54.6 Å². The van der Waals surface area contributed by atoms with Crippen LogP contribution in [0.2, 0.25) is 0 Å². The molecule has 1 atom stereocenters. The zero-order valence-corrected chi connectivity index (χ0v) is 12.6. The summed E-state index contributed by atoms with van der Waals surface area (Å²) in [6.45, 7) is 0. The summed E-state index contributed by atoms with van der Waals surface area (Å²) in [5, 5.41) is 22.6. The van der Waals surface area contributed by atoms with Gasteiger partial charge in [-0.2, -0.15) is 5.26 Å². The average Bonchev–Trinajstić information content (AvgIpc) is 2.56. The Morgan fingerprint density at radius 3 is 2.30 bits per heavy atom. The Bertz CT molecular complexity index is 782. The number of carbonyl (C=O) groups is 1. The van der Waals surface area contributed by atoms with Gasteiger partial charge in [0.1, 0.15) is 4.99 Å². The van der Waals surface area contributed by atoms with Gasteiger partial charge in [0.05, 0.1) is 11.0 Å². The van der Waals surface area contributed by atoms with E-state index in [0.29, 0.717) is 11.3 Å². The third kappa shape index (κ3) is 3.96. The number of hydrogen-bond acceptors (Lipinski definition) is 5. The van der Waals surface area contributed by atoms with E-state index in [4.69, 9.17) is 12.2 Å². The minimum absolute atomic E-state index is 0.0511. The number of hydrogen-bond donors (Lipinski definition) is 1. The lowest BCUT2D eigenvalue weighted by Crippen LogP contribution is -2.27. The zero-order valence-electron chi connectivity index (χ0n) is 11.8. The highest BCUT2D eigenvalue weighted by Crippen LogP contribution is 2.18. The lowest BCUT2D eigenvalue weighted by Gasteiger charge is -2.12. The van der Waals surface area contributed by atoms with Crippen LogP contribution in [0.4, 0.5) is 11.4 Å². The maximum atomic E-state index is 12.3. The van der Waals surface area contributed by atoms with Crippen LogP contribution in [0.25, 0.3) is 0 Å². The van der Waals surface area contributed by atoms with E-state index in [0.717, 1.165) is 0 Å². The number of non-ortho nitro benzene ring substituents is 1. The van der Waals surface area contributed by atoms with E-state index in [-0.39, 0.29) is 10.7 Å². The van der Waals surface area contributed by atoms with E-state index in [1.54, 1.807) is 30.3 Å². The molecule has 0 amide bonds. The van der Waals surface area contributed by atoms with Gasteiger partial charge in [-0.1, -0.05) is 42.5 Å². The minimum atomic E-state index is -1.12. The minimum Gasteiger partial charge on any atom is -0.349 e. The van der Waals surface area contributed by atoms with Gasteiger partial charge in [-0.05, 0) is 12.1 Å². The largest absolute Gasteiger partial charge is 0.349 e. The molecule has 1 unspecified atom stereocenters. The molecule has 0 aliphatic carbocycles. The topological polar surface area (TPSA) is 96.0 Å². The van der Waals surface area contributed by atoms with Crippen LogP contribution in [-0.2, 0) is 0 Å². The number of carbonyl (C=O) groups excluding carboxylic acids is 1. The standard InChI is InChI=1S/C16H11N3O3S/c17-10-14(15(20)11-4-2-1-3-5-11)16(23)18-12-6-8-13(9-7-12)19(21)22/h1-9,14H,(H,18,23). The van der Waals surface area contributed by atoms with E-state index in [1.165, 1.54) is 24.3 Å². The molecule has 23 heavy (non-hydrogen) atoms. The van der Waals surface area contributed by atoms with Gasteiger partial charge < -0.3 is 5.32 Å². The first kappa shape index (κ1) is 16.3. The molecular weight excluding hydrogens is 314 g/mol. The summed E-state index contributed by atoms with van der Waals surface area (Å²) in [5.74, 6) is -1.52. The Morgan fingerprint density at radius 1 is 1.17 bits per heavy atom. The number of nitrogens with one attached hydrogen (secondary N) is 1. The van der Waals surface area contributed by atoms with Crippen LogP contribution in [0.1, 0.15) is 10.4 Å². The Morgan fingerprint density at radius 2 is 1.78 bits per heavy atom. The lowest BCUT2D eigenvalue weighted by molar-refractivity contribution is -0.384. The van der Waals surface area contributed by atoms with Gasteiger partial charge in [0.15, 0.2) is 11.7 Å².